The van der Waals surface area contributed by atoms with Gasteiger partial charge in [0.05, 0.1) is 5.69 Å². The van der Waals surface area contributed by atoms with Crippen LogP contribution in [0.25, 0.3) is 5.65 Å². The van der Waals surface area contributed by atoms with E-state index in [9.17, 15) is 0 Å². The van der Waals surface area contributed by atoms with Crippen molar-refractivity contribution in [2.24, 2.45) is 10.9 Å². The van der Waals surface area contributed by atoms with Crippen LogP contribution in [0.1, 0.15) is 37.9 Å². The highest BCUT2D eigenvalue weighted by Gasteiger charge is 2.19. The van der Waals surface area contributed by atoms with Crippen LogP contribution in [0.15, 0.2) is 29.5 Å². The van der Waals surface area contributed by atoms with Crippen molar-refractivity contribution >= 4 is 35.6 Å². The highest BCUT2D eigenvalue weighted by molar-refractivity contribution is 14.0. The number of nitrogens with one attached hydrogen (secondary N) is 1. The number of hydrogen-bond donors (Lipinski definition) is 1. The third kappa shape index (κ3) is 5.09. The summed E-state index contributed by atoms with van der Waals surface area (Å²) in [5, 5.41) is 3.45. The van der Waals surface area contributed by atoms with Crippen molar-refractivity contribution in [3.8, 4) is 0 Å². The molecule has 2 aromatic rings. The number of rotatable bonds is 4. The summed E-state index contributed by atoms with van der Waals surface area (Å²) in [5.41, 5.74) is 3.37. The van der Waals surface area contributed by atoms with Gasteiger partial charge in [0.2, 0.25) is 0 Å². The van der Waals surface area contributed by atoms with Gasteiger partial charge >= 0.3 is 0 Å². The molecule has 3 heterocycles. The van der Waals surface area contributed by atoms with Crippen LogP contribution in [-0.2, 0) is 6.42 Å². The standard InChI is InChI=1S/C19H29N5.HI/c1-4-20-19(24-12-5-7-15(2)13-24)21-10-9-17-14-23-11-6-8-16(3)18(23)22-17;/h6,8,11,14-15H,4-5,7,9-10,12-13H2,1-3H3,(H,20,21);1H. The molecule has 0 aromatic carbocycles. The average Bonchev–Trinajstić information content (AvgIpc) is 2.98. The molecule has 1 N–H and O–H groups in total. The number of guanidine groups is 1. The summed E-state index contributed by atoms with van der Waals surface area (Å²) < 4.78 is 2.10. The minimum absolute atomic E-state index is 0. The molecule has 1 atom stereocenters. The number of likely N-dealkylation sites (tertiary alicyclic amines) is 1. The fraction of sp³-hybridized carbons (Fsp3) is 0.579. The summed E-state index contributed by atoms with van der Waals surface area (Å²) in [5.74, 6) is 1.81. The second-order valence-electron chi connectivity index (χ2n) is 6.83. The minimum atomic E-state index is 0. The topological polar surface area (TPSA) is 44.9 Å². The Morgan fingerprint density at radius 3 is 3.00 bits per heavy atom. The van der Waals surface area contributed by atoms with Crippen LogP contribution in [0.5, 0.6) is 0 Å². The van der Waals surface area contributed by atoms with Crippen LogP contribution in [0, 0.1) is 12.8 Å². The third-order valence-electron chi connectivity index (χ3n) is 4.65. The second-order valence-corrected chi connectivity index (χ2v) is 6.83. The van der Waals surface area contributed by atoms with Crippen LogP contribution >= 0.6 is 24.0 Å². The first-order chi connectivity index (χ1) is 11.7. The zero-order valence-corrected chi connectivity index (χ0v) is 17.9. The summed E-state index contributed by atoms with van der Waals surface area (Å²) in [7, 11) is 0. The van der Waals surface area contributed by atoms with Gasteiger partial charge in [-0.2, -0.15) is 0 Å². The van der Waals surface area contributed by atoms with E-state index in [1.807, 2.05) is 0 Å². The molecule has 0 amide bonds. The van der Waals surface area contributed by atoms with Gasteiger partial charge in [-0.05, 0) is 44.2 Å². The van der Waals surface area contributed by atoms with Gasteiger partial charge in [0.15, 0.2) is 5.96 Å². The normalized spacial score (nSPS) is 18.3. The molecule has 2 aromatic heterocycles. The van der Waals surface area contributed by atoms with Crippen LogP contribution in [-0.4, -0.2) is 46.4 Å². The van der Waals surface area contributed by atoms with Crippen molar-refractivity contribution in [1.82, 2.24) is 19.6 Å². The summed E-state index contributed by atoms with van der Waals surface area (Å²) in [6, 6.07) is 4.16. The van der Waals surface area contributed by atoms with E-state index in [0.717, 1.165) is 55.8 Å². The van der Waals surface area contributed by atoms with Gasteiger partial charge in [0, 0.05) is 45.0 Å². The van der Waals surface area contributed by atoms with Gasteiger partial charge in [0.25, 0.3) is 0 Å². The maximum atomic E-state index is 4.84. The summed E-state index contributed by atoms with van der Waals surface area (Å²) in [6.07, 6.45) is 7.64. The Labute approximate surface area is 167 Å². The molecule has 25 heavy (non-hydrogen) atoms. The zero-order chi connectivity index (χ0) is 16.9. The Morgan fingerprint density at radius 2 is 2.28 bits per heavy atom. The van der Waals surface area contributed by atoms with Crippen LogP contribution in [0.3, 0.4) is 0 Å². The molecule has 1 aliphatic heterocycles. The molecular formula is C19H30IN5. The number of fused-ring (bicyclic) bond motifs is 1. The summed E-state index contributed by atoms with van der Waals surface area (Å²) >= 11 is 0. The number of halogens is 1. The van der Waals surface area contributed by atoms with Crippen molar-refractivity contribution in [2.45, 2.75) is 40.0 Å². The monoisotopic (exact) mass is 455 g/mol. The van der Waals surface area contributed by atoms with E-state index < -0.39 is 0 Å². The number of aryl methyl sites for hydroxylation is 1. The number of hydrogen-bond acceptors (Lipinski definition) is 2. The molecule has 1 fully saturated rings. The fourth-order valence-electron chi connectivity index (χ4n) is 3.41. The maximum Gasteiger partial charge on any atom is 0.193 e. The number of imidazole rings is 1. The lowest BCUT2D eigenvalue weighted by molar-refractivity contribution is 0.266. The highest BCUT2D eigenvalue weighted by atomic mass is 127. The van der Waals surface area contributed by atoms with E-state index in [-0.39, 0.29) is 24.0 Å². The molecule has 6 heteroatoms. The van der Waals surface area contributed by atoms with Gasteiger partial charge in [-0.3, -0.25) is 4.99 Å². The molecule has 0 spiro atoms. The van der Waals surface area contributed by atoms with Gasteiger partial charge in [-0.25, -0.2) is 4.98 Å². The lowest BCUT2D eigenvalue weighted by Crippen LogP contribution is -2.46. The largest absolute Gasteiger partial charge is 0.357 e. The molecule has 0 aliphatic carbocycles. The number of nitrogens with zero attached hydrogens (tertiary/aromatic N) is 4. The lowest BCUT2D eigenvalue weighted by atomic mass is 10.0. The van der Waals surface area contributed by atoms with Crippen molar-refractivity contribution in [3.63, 3.8) is 0 Å². The average molecular weight is 455 g/mol. The van der Waals surface area contributed by atoms with E-state index in [1.54, 1.807) is 0 Å². The fourth-order valence-corrected chi connectivity index (χ4v) is 3.41. The quantitative estimate of drug-likeness (QED) is 0.436. The Balaban J connectivity index is 0.00000225. The van der Waals surface area contributed by atoms with Crippen LogP contribution < -0.4 is 5.32 Å². The molecule has 1 saturated heterocycles. The van der Waals surface area contributed by atoms with Crippen molar-refractivity contribution in [2.75, 3.05) is 26.2 Å². The van der Waals surface area contributed by atoms with Gasteiger partial charge < -0.3 is 14.6 Å². The zero-order valence-electron chi connectivity index (χ0n) is 15.5. The highest BCUT2D eigenvalue weighted by Crippen LogP contribution is 2.15. The van der Waals surface area contributed by atoms with Crippen LogP contribution in [0.4, 0.5) is 0 Å². The first kappa shape index (κ1) is 20.0. The first-order valence-corrected chi connectivity index (χ1v) is 9.14. The Bertz CT molecular complexity index is 709. The number of piperidine rings is 1. The Hall–Kier alpha value is -1.31. The summed E-state index contributed by atoms with van der Waals surface area (Å²) in [6.45, 7) is 10.5. The Kier molecular flexibility index (Phi) is 7.53. The number of aliphatic imine (C=N–C) groups is 1. The molecule has 0 bridgehead atoms. The van der Waals surface area contributed by atoms with Crippen molar-refractivity contribution < 1.29 is 0 Å². The molecule has 3 rings (SSSR count). The molecule has 0 radical (unpaired) electrons. The first-order valence-electron chi connectivity index (χ1n) is 9.14. The molecule has 1 unspecified atom stereocenters. The summed E-state index contributed by atoms with van der Waals surface area (Å²) in [4.78, 5) is 12.0. The van der Waals surface area contributed by atoms with Crippen molar-refractivity contribution in [1.29, 1.82) is 0 Å². The van der Waals surface area contributed by atoms with Crippen molar-refractivity contribution in [3.05, 3.63) is 35.8 Å². The van der Waals surface area contributed by atoms with Gasteiger partial charge in [0.1, 0.15) is 5.65 Å². The number of pyridine rings is 1. The third-order valence-corrected chi connectivity index (χ3v) is 4.65. The lowest BCUT2D eigenvalue weighted by Gasteiger charge is -2.33. The van der Waals surface area contributed by atoms with Gasteiger partial charge in [-0.15, -0.1) is 24.0 Å². The van der Waals surface area contributed by atoms with Crippen LogP contribution in [0.2, 0.25) is 0 Å². The smallest absolute Gasteiger partial charge is 0.193 e. The predicted octanol–water partition coefficient (Wildman–Crippen LogP) is 3.50. The van der Waals surface area contributed by atoms with E-state index >= 15 is 0 Å². The van der Waals surface area contributed by atoms with E-state index in [2.05, 4.69) is 59.9 Å². The molecule has 138 valence electrons. The Morgan fingerprint density at radius 1 is 1.44 bits per heavy atom. The van der Waals surface area contributed by atoms with Gasteiger partial charge in [-0.1, -0.05) is 13.0 Å². The van der Waals surface area contributed by atoms with E-state index in [4.69, 9.17) is 9.98 Å². The molecule has 0 saturated carbocycles. The molecule has 5 nitrogen and oxygen atoms in total. The predicted molar refractivity (Wildman–Crippen MR) is 115 cm³/mol. The SMILES string of the molecule is CCNC(=NCCc1cn2cccc(C)c2n1)N1CCCC(C)C1.I. The second kappa shape index (κ2) is 9.40. The maximum absolute atomic E-state index is 4.84. The minimum Gasteiger partial charge on any atom is -0.357 e. The molecule has 1 aliphatic rings. The van der Waals surface area contributed by atoms with E-state index in [0.29, 0.717) is 0 Å². The van der Waals surface area contributed by atoms with E-state index in [1.165, 1.54) is 18.4 Å². The number of aromatic nitrogens is 2. The molecular weight excluding hydrogens is 425 g/mol.